The van der Waals surface area contributed by atoms with Gasteiger partial charge in [-0.05, 0) is 24.3 Å². The molecule has 0 unspecified atom stereocenters. The van der Waals surface area contributed by atoms with Crippen LogP contribution in [0.3, 0.4) is 0 Å². The molecule has 1 saturated heterocycles. The van der Waals surface area contributed by atoms with Crippen LogP contribution >= 0.6 is 0 Å². The molecule has 142 valence electrons. The van der Waals surface area contributed by atoms with E-state index in [-0.39, 0.29) is 18.4 Å². The van der Waals surface area contributed by atoms with Gasteiger partial charge in [0.05, 0.1) is 7.11 Å². The minimum atomic E-state index is -0.164. The van der Waals surface area contributed by atoms with E-state index in [1.165, 1.54) is 6.33 Å². The molecule has 0 saturated carbocycles. The van der Waals surface area contributed by atoms with Crippen LogP contribution in [0.1, 0.15) is 10.4 Å². The number of benzene rings is 2. The van der Waals surface area contributed by atoms with E-state index in [9.17, 15) is 9.59 Å². The van der Waals surface area contributed by atoms with E-state index in [0.29, 0.717) is 30.2 Å². The number of carbonyl (C=O) groups is 2. The first-order chi connectivity index (χ1) is 13.7. The highest BCUT2D eigenvalue weighted by molar-refractivity contribution is 6.01. The second-order valence-corrected chi connectivity index (χ2v) is 6.38. The van der Waals surface area contributed by atoms with Crippen molar-refractivity contribution in [2.75, 3.05) is 31.6 Å². The highest BCUT2D eigenvalue weighted by Gasteiger charge is 2.28. The number of H-pyrrole nitrogens is 1. The highest BCUT2D eigenvalue weighted by Crippen LogP contribution is 2.23. The van der Waals surface area contributed by atoms with Crippen molar-refractivity contribution in [3.8, 4) is 17.1 Å². The van der Waals surface area contributed by atoms with Crippen LogP contribution < -0.4 is 9.64 Å². The van der Waals surface area contributed by atoms with Gasteiger partial charge in [0.2, 0.25) is 5.91 Å². The van der Waals surface area contributed by atoms with E-state index in [2.05, 4.69) is 15.2 Å². The summed E-state index contributed by atoms with van der Waals surface area (Å²) in [6, 6.07) is 14.4. The maximum Gasteiger partial charge on any atom is 0.254 e. The summed E-state index contributed by atoms with van der Waals surface area (Å²) in [6.07, 6.45) is 1.43. The average Bonchev–Trinajstić information content (AvgIpc) is 3.28. The fourth-order valence-corrected chi connectivity index (χ4v) is 3.20. The number of nitrogens with one attached hydrogen (secondary N) is 1. The lowest BCUT2D eigenvalue weighted by atomic mass is 10.1. The second-order valence-electron chi connectivity index (χ2n) is 6.38. The number of rotatable bonds is 4. The Kier molecular flexibility index (Phi) is 4.76. The summed E-state index contributed by atoms with van der Waals surface area (Å²) >= 11 is 0. The van der Waals surface area contributed by atoms with Crippen LogP contribution in [0.2, 0.25) is 0 Å². The Bertz CT molecular complexity index is 985. The molecule has 0 aliphatic carbocycles. The largest absolute Gasteiger partial charge is 0.497 e. The summed E-state index contributed by atoms with van der Waals surface area (Å²) in [5.41, 5.74) is 2.15. The predicted octanol–water partition coefficient (Wildman–Crippen LogP) is 1.97. The van der Waals surface area contributed by atoms with Gasteiger partial charge in [-0.1, -0.05) is 18.2 Å². The Labute approximate surface area is 161 Å². The Balaban J connectivity index is 1.45. The number of methoxy groups -OCH3 is 1. The van der Waals surface area contributed by atoms with Crippen molar-refractivity contribution in [1.29, 1.82) is 0 Å². The van der Waals surface area contributed by atoms with E-state index in [1.807, 2.05) is 36.4 Å². The van der Waals surface area contributed by atoms with Crippen molar-refractivity contribution in [2.45, 2.75) is 0 Å². The molecular formula is C20H19N5O3. The third kappa shape index (κ3) is 3.44. The Hall–Kier alpha value is -3.68. The molecule has 1 aromatic heterocycles. The van der Waals surface area contributed by atoms with Crippen LogP contribution in [0.25, 0.3) is 11.4 Å². The normalized spacial score (nSPS) is 14.2. The van der Waals surface area contributed by atoms with Gasteiger partial charge in [0.1, 0.15) is 18.6 Å². The van der Waals surface area contributed by atoms with Gasteiger partial charge >= 0.3 is 0 Å². The number of carbonyl (C=O) groups excluding carboxylic acids is 2. The summed E-state index contributed by atoms with van der Waals surface area (Å²) in [7, 11) is 1.59. The van der Waals surface area contributed by atoms with Gasteiger partial charge in [0, 0.05) is 36.0 Å². The molecule has 8 heteroatoms. The molecule has 0 bridgehead atoms. The van der Waals surface area contributed by atoms with Crippen molar-refractivity contribution in [1.82, 2.24) is 20.1 Å². The van der Waals surface area contributed by atoms with E-state index < -0.39 is 0 Å². The first kappa shape index (κ1) is 17.7. The number of aromatic amines is 1. The van der Waals surface area contributed by atoms with Crippen LogP contribution in [0.5, 0.6) is 5.75 Å². The van der Waals surface area contributed by atoms with Crippen LogP contribution in [0.4, 0.5) is 5.69 Å². The number of hydrogen-bond donors (Lipinski definition) is 1. The second kappa shape index (κ2) is 7.51. The third-order valence-corrected chi connectivity index (χ3v) is 4.69. The number of hydrogen-bond acceptors (Lipinski definition) is 5. The summed E-state index contributed by atoms with van der Waals surface area (Å²) in [5, 5.41) is 6.60. The average molecular weight is 377 g/mol. The maximum atomic E-state index is 12.8. The van der Waals surface area contributed by atoms with Gasteiger partial charge in [-0.3, -0.25) is 14.7 Å². The number of ether oxygens (including phenoxy) is 1. The van der Waals surface area contributed by atoms with Gasteiger partial charge < -0.3 is 14.5 Å². The molecule has 2 aromatic carbocycles. The standard InChI is InChI=1S/C20H19N5O3/c1-28-17-4-2-3-16(11-17)25-10-9-24(12-18(25)26)20(27)15-7-5-14(6-8-15)19-21-13-22-23-19/h2-8,11,13H,9-10,12H2,1H3,(H,21,22,23). The van der Waals surface area contributed by atoms with Crippen LogP contribution in [0.15, 0.2) is 54.9 Å². The molecule has 1 aliphatic rings. The molecule has 3 aromatic rings. The highest BCUT2D eigenvalue weighted by atomic mass is 16.5. The molecule has 2 heterocycles. The number of piperazine rings is 1. The Morgan fingerprint density at radius 1 is 1.14 bits per heavy atom. The van der Waals surface area contributed by atoms with E-state index in [4.69, 9.17) is 4.74 Å². The molecule has 4 rings (SSSR count). The monoisotopic (exact) mass is 377 g/mol. The van der Waals surface area contributed by atoms with Crippen LogP contribution in [-0.2, 0) is 4.79 Å². The zero-order valence-electron chi connectivity index (χ0n) is 15.3. The maximum absolute atomic E-state index is 12.8. The molecule has 1 N–H and O–H groups in total. The fraction of sp³-hybridized carbons (Fsp3) is 0.200. The fourth-order valence-electron chi connectivity index (χ4n) is 3.20. The number of amides is 2. The zero-order valence-corrected chi connectivity index (χ0v) is 15.3. The zero-order chi connectivity index (χ0) is 19.5. The van der Waals surface area contributed by atoms with Gasteiger partial charge in [-0.15, -0.1) is 0 Å². The van der Waals surface area contributed by atoms with E-state index >= 15 is 0 Å². The lowest BCUT2D eigenvalue weighted by Gasteiger charge is -2.34. The van der Waals surface area contributed by atoms with Gasteiger partial charge in [-0.25, -0.2) is 4.98 Å². The van der Waals surface area contributed by atoms with E-state index in [0.717, 1.165) is 11.3 Å². The van der Waals surface area contributed by atoms with Gasteiger partial charge in [-0.2, -0.15) is 5.10 Å². The predicted molar refractivity (Wildman–Crippen MR) is 103 cm³/mol. The summed E-state index contributed by atoms with van der Waals surface area (Å²) in [4.78, 5) is 32.7. The molecule has 2 amide bonds. The Morgan fingerprint density at radius 3 is 2.64 bits per heavy atom. The lowest BCUT2D eigenvalue weighted by Crippen LogP contribution is -2.52. The minimum absolute atomic E-state index is 0.0416. The minimum Gasteiger partial charge on any atom is -0.497 e. The molecule has 8 nitrogen and oxygen atoms in total. The molecule has 0 atom stereocenters. The number of aromatic nitrogens is 3. The summed E-state index contributed by atoms with van der Waals surface area (Å²) < 4.78 is 5.22. The molecule has 0 spiro atoms. The van der Waals surface area contributed by atoms with E-state index in [1.54, 1.807) is 29.0 Å². The third-order valence-electron chi connectivity index (χ3n) is 4.69. The molecule has 0 radical (unpaired) electrons. The molecule has 1 aliphatic heterocycles. The van der Waals surface area contributed by atoms with Crippen LogP contribution in [0, 0.1) is 0 Å². The van der Waals surface area contributed by atoms with Crippen LogP contribution in [-0.4, -0.2) is 58.6 Å². The summed E-state index contributed by atoms with van der Waals surface area (Å²) in [6.45, 7) is 0.944. The first-order valence-corrected chi connectivity index (χ1v) is 8.85. The van der Waals surface area contributed by atoms with Crippen molar-refractivity contribution >= 4 is 17.5 Å². The Morgan fingerprint density at radius 2 is 1.96 bits per heavy atom. The summed E-state index contributed by atoms with van der Waals surface area (Å²) in [5.74, 6) is 1.05. The van der Waals surface area contributed by atoms with Crippen molar-refractivity contribution in [3.63, 3.8) is 0 Å². The van der Waals surface area contributed by atoms with Crippen molar-refractivity contribution in [3.05, 3.63) is 60.4 Å². The topological polar surface area (TPSA) is 91.4 Å². The SMILES string of the molecule is COc1cccc(N2CCN(C(=O)c3ccc(-c4ncn[nH]4)cc3)CC2=O)c1. The van der Waals surface area contributed by atoms with Gasteiger partial charge in [0.25, 0.3) is 5.91 Å². The van der Waals surface area contributed by atoms with Crippen molar-refractivity contribution < 1.29 is 14.3 Å². The van der Waals surface area contributed by atoms with Crippen molar-refractivity contribution in [2.24, 2.45) is 0 Å². The smallest absolute Gasteiger partial charge is 0.254 e. The quantitative estimate of drug-likeness (QED) is 0.751. The number of nitrogens with zero attached hydrogens (tertiary/aromatic N) is 4. The molecule has 28 heavy (non-hydrogen) atoms. The molecular weight excluding hydrogens is 358 g/mol. The van der Waals surface area contributed by atoms with Gasteiger partial charge in [0.15, 0.2) is 5.82 Å². The molecule has 1 fully saturated rings. The first-order valence-electron chi connectivity index (χ1n) is 8.85. The lowest BCUT2D eigenvalue weighted by molar-refractivity contribution is -0.120. The number of anilines is 1.